The van der Waals surface area contributed by atoms with Crippen molar-refractivity contribution in [3.8, 4) is 0 Å². The second kappa shape index (κ2) is 4.45. The highest BCUT2D eigenvalue weighted by atomic mass is 16.3. The fourth-order valence-electron chi connectivity index (χ4n) is 3.47. The van der Waals surface area contributed by atoms with Gasteiger partial charge < -0.3 is 5.11 Å². The van der Waals surface area contributed by atoms with E-state index < -0.39 is 0 Å². The summed E-state index contributed by atoms with van der Waals surface area (Å²) < 4.78 is 0. The van der Waals surface area contributed by atoms with E-state index in [1.807, 2.05) is 0 Å². The monoisotopic (exact) mass is 210 g/mol. The number of rotatable bonds is 2. The molecule has 1 N–H and O–H groups in total. The Morgan fingerprint density at radius 2 is 1.53 bits per heavy atom. The average molecular weight is 210 g/mol. The molecule has 0 aliphatic heterocycles. The zero-order chi connectivity index (χ0) is 10.9. The highest BCUT2D eigenvalue weighted by Crippen LogP contribution is 2.49. The van der Waals surface area contributed by atoms with Crippen LogP contribution in [0.2, 0.25) is 0 Å². The first-order valence-electron chi connectivity index (χ1n) is 6.84. The van der Waals surface area contributed by atoms with Crippen LogP contribution >= 0.6 is 0 Å². The van der Waals surface area contributed by atoms with E-state index in [2.05, 4.69) is 13.8 Å². The van der Waals surface area contributed by atoms with Crippen LogP contribution in [0.5, 0.6) is 0 Å². The van der Waals surface area contributed by atoms with Crippen molar-refractivity contribution < 1.29 is 5.11 Å². The van der Waals surface area contributed by atoms with E-state index in [1.54, 1.807) is 0 Å². The molecule has 1 heteroatoms. The Bertz CT molecular complexity index is 195. The molecule has 0 heterocycles. The summed E-state index contributed by atoms with van der Waals surface area (Å²) in [4.78, 5) is 0. The molecule has 0 unspecified atom stereocenters. The Labute approximate surface area is 94.3 Å². The van der Waals surface area contributed by atoms with E-state index in [0.717, 1.165) is 24.7 Å². The highest BCUT2D eigenvalue weighted by molar-refractivity contribution is 4.99. The minimum absolute atomic E-state index is 0.265. The fraction of sp³-hybridized carbons (Fsp3) is 1.00. The minimum Gasteiger partial charge on any atom is -0.390 e. The second-order valence-electron chi connectivity index (χ2n) is 6.20. The first-order chi connectivity index (χ1) is 7.12. The Morgan fingerprint density at radius 3 is 2.00 bits per heavy atom. The van der Waals surface area contributed by atoms with E-state index >= 15 is 0 Å². The molecule has 0 aromatic heterocycles. The molecule has 2 fully saturated rings. The number of hydrogen-bond donors (Lipinski definition) is 1. The number of aliphatic hydroxyl groups is 1. The van der Waals surface area contributed by atoms with Crippen LogP contribution < -0.4 is 0 Å². The van der Waals surface area contributed by atoms with Crippen molar-refractivity contribution >= 4 is 0 Å². The van der Waals surface area contributed by atoms with Crippen LogP contribution in [0.1, 0.15) is 65.2 Å². The van der Waals surface area contributed by atoms with Gasteiger partial charge in [0, 0.05) is 0 Å². The third kappa shape index (κ3) is 2.38. The van der Waals surface area contributed by atoms with Gasteiger partial charge in [0.2, 0.25) is 0 Å². The van der Waals surface area contributed by atoms with E-state index in [0.29, 0.717) is 5.92 Å². The summed E-state index contributed by atoms with van der Waals surface area (Å²) >= 11 is 0. The maximum absolute atomic E-state index is 10.6. The predicted molar refractivity (Wildman–Crippen MR) is 63.7 cm³/mol. The summed E-state index contributed by atoms with van der Waals surface area (Å²) in [6.45, 7) is 4.58. The molecule has 88 valence electrons. The molecule has 0 atom stereocenters. The molecule has 2 aliphatic rings. The van der Waals surface area contributed by atoms with Crippen LogP contribution in [0, 0.1) is 17.8 Å². The minimum atomic E-state index is -0.265. The Morgan fingerprint density at radius 1 is 1.00 bits per heavy atom. The molecule has 0 bridgehead atoms. The summed E-state index contributed by atoms with van der Waals surface area (Å²) in [6, 6.07) is 0. The molecule has 0 amide bonds. The molecular weight excluding hydrogens is 184 g/mol. The van der Waals surface area contributed by atoms with Crippen LogP contribution in [0.3, 0.4) is 0 Å². The van der Waals surface area contributed by atoms with Crippen LogP contribution in [0.25, 0.3) is 0 Å². The van der Waals surface area contributed by atoms with E-state index in [4.69, 9.17) is 0 Å². The molecule has 2 aliphatic carbocycles. The fourth-order valence-corrected chi connectivity index (χ4v) is 3.47. The first-order valence-corrected chi connectivity index (χ1v) is 6.84. The van der Waals surface area contributed by atoms with Gasteiger partial charge in [-0.1, -0.05) is 39.5 Å². The molecule has 0 aromatic rings. The van der Waals surface area contributed by atoms with Gasteiger partial charge >= 0.3 is 0 Å². The normalized spacial score (nSPS) is 38.8. The zero-order valence-electron chi connectivity index (χ0n) is 10.3. The molecule has 2 rings (SSSR count). The SMILES string of the molecule is CC(C)C1CC(O)(C2CCCCCC2)C1. The Kier molecular flexibility index (Phi) is 3.39. The van der Waals surface area contributed by atoms with Crippen LogP contribution in [0.15, 0.2) is 0 Å². The van der Waals surface area contributed by atoms with Crippen molar-refractivity contribution in [3.05, 3.63) is 0 Å². The molecule has 0 aromatic carbocycles. The van der Waals surface area contributed by atoms with Gasteiger partial charge in [-0.25, -0.2) is 0 Å². The lowest BCUT2D eigenvalue weighted by Crippen LogP contribution is -2.51. The molecule has 0 saturated heterocycles. The molecule has 2 saturated carbocycles. The van der Waals surface area contributed by atoms with Gasteiger partial charge in [-0.15, -0.1) is 0 Å². The first kappa shape index (κ1) is 11.4. The van der Waals surface area contributed by atoms with Gasteiger partial charge in [-0.05, 0) is 43.4 Å². The quantitative estimate of drug-likeness (QED) is 0.688. The lowest BCUT2D eigenvalue weighted by molar-refractivity contribution is -0.132. The Balaban J connectivity index is 1.87. The number of hydrogen-bond acceptors (Lipinski definition) is 1. The van der Waals surface area contributed by atoms with E-state index in [-0.39, 0.29) is 5.60 Å². The summed E-state index contributed by atoms with van der Waals surface area (Å²) in [5, 5.41) is 10.6. The maximum Gasteiger partial charge on any atom is 0.0681 e. The van der Waals surface area contributed by atoms with Crippen molar-refractivity contribution in [3.63, 3.8) is 0 Å². The molecule has 1 nitrogen and oxygen atoms in total. The predicted octanol–water partition coefficient (Wildman–Crippen LogP) is 3.75. The van der Waals surface area contributed by atoms with Crippen LogP contribution in [-0.4, -0.2) is 10.7 Å². The van der Waals surface area contributed by atoms with Gasteiger partial charge in [-0.2, -0.15) is 0 Å². The molecule has 0 radical (unpaired) electrons. The summed E-state index contributed by atoms with van der Waals surface area (Å²) in [7, 11) is 0. The van der Waals surface area contributed by atoms with E-state index in [9.17, 15) is 5.11 Å². The molecule has 15 heavy (non-hydrogen) atoms. The summed E-state index contributed by atoms with van der Waals surface area (Å²) in [5.41, 5.74) is -0.265. The Hall–Kier alpha value is -0.0400. The van der Waals surface area contributed by atoms with E-state index in [1.165, 1.54) is 38.5 Å². The van der Waals surface area contributed by atoms with Crippen molar-refractivity contribution in [1.29, 1.82) is 0 Å². The highest BCUT2D eigenvalue weighted by Gasteiger charge is 2.48. The lowest BCUT2D eigenvalue weighted by atomic mass is 9.60. The maximum atomic E-state index is 10.6. The third-order valence-corrected chi connectivity index (χ3v) is 4.79. The van der Waals surface area contributed by atoms with Crippen LogP contribution in [0.4, 0.5) is 0 Å². The molecular formula is C14H26O. The lowest BCUT2D eigenvalue weighted by Gasteiger charge is -2.50. The third-order valence-electron chi connectivity index (χ3n) is 4.79. The standard InChI is InChI=1S/C14H26O/c1-11(2)12-9-14(15,10-12)13-7-5-3-4-6-8-13/h11-13,15H,3-10H2,1-2H3. The van der Waals surface area contributed by atoms with Crippen LogP contribution in [-0.2, 0) is 0 Å². The van der Waals surface area contributed by atoms with Crippen molar-refractivity contribution in [2.24, 2.45) is 17.8 Å². The smallest absolute Gasteiger partial charge is 0.0681 e. The zero-order valence-corrected chi connectivity index (χ0v) is 10.3. The van der Waals surface area contributed by atoms with Gasteiger partial charge in [0.05, 0.1) is 5.60 Å². The van der Waals surface area contributed by atoms with Gasteiger partial charge in [0.1, 0.15) is 0 Å². The molecule has 0 spiro atoms. The average Bonchev–Trinajstić information content (AvgIpc) is 2.40. The topological polar surface area (TPSA) is 20.2 Å². The van der Waals surface area contributed by atoms with Crippen molar-refractivity contribution in [2.75, 3.05) is 0 Å². The summed E-state index contributed by atoms with van der Waals surface area (Å²) in [6.07, 6.45) is 10.2. The van der Waals surface area contributed by atoms with Gasteiger partial charge in [-0.3, -0.25) is 0 Å². The van der Waals surface area contributed by atoms with Gasteiger partial charge in [0.25, 0.3) is 0 Å². The second-order valence-corrected chi connectivity index (χ2v) is 6.20. The largest absolute Gasteiger partial charge is 0.390 e. The summed E-state index contributed by atoms with van der Waals surface area (Å²) in [5.74, 6) is 2.17. The van der Waals surface area contributed by atoms with Crippen molar-refractivity contribution in [1.82, 2.24) is 0 Å². The van der Waals surface area contributed by atoms with Crippen molar-refractivity contribution in [2.45, 2.75) is 70.8 Å². The van der Waals surface area contributed by atoms with Gasteiger partial charge in [0.15, 0.2) is 0 Å².